The van der Waals surface area contributed by atoms with E-state index in [0.29, 0.717) is 0 Å². The molecule has 0 aliphatic carbocycles. The zero-order chi connectivity index (χ0) is 15.1. The highest BCUT2D eigenvalue weighted by atomic mass is 79.9. The number of halogens is 2. The van der Waals surface area contributed by atoms with Crippen molar-refractivity contribution in [1.29, 1.82) is 0 Å². The van der Waals surface area contributed by atoms with Crippen LogP contribution in [0.15, 0.2) is 53.0 Å². The van der Waals surface area contributed by atoms with Crippen molar-refractivity contribution in [1.82, 2.24) is 9.78 Å². The quantitative estimate of drug-likeness (QED) is 0.736. The minimum absolute atomic E-state index is 0.241. The predicted octanol–water partition coefficient (Wildman–Crippen LogP) is 4.41. The van der Waals surface area contributed by atoms with Crippen molar-refractivity contribution in [2.75, 3.05) is 11.9 Å². The molecule has 0 radical (unpaired) electrons. The van der Waals surface area contributed by atoms with Crippen LogP contribution in [0.4, 0.5) is 10.2 Å². The van der Waals surface area contributed by atoms with Gasteiger partial charge in [-0.1, -0.05) is 34.1 Å². The van der Waals surface area contributed by atoms with Gasteiger partial charge in [-0.2, -0.15) is 5.10 Å². The van der Waals surface area contributed by atoms with Crippen LogP contribution in [-0.2, 0) is 6.42 Å². The molecule has 0 atom stereocenters. The largest absolute Gasteiger partial charge is 0.369 e. The summed E-state index contributed by atoms with van der Waals surface area (Å²) in [7, 11) is 0. The van der Waals surface area contributed by atoms with Gasteiger partial charge in [0.2, 0.25) is 0 Å². The Morgan fingerprint density at radius 3 is 2.82 bits per heavy atom. The summed E-state index contributed by atoms with van der Waals surface area (Å²) in [6.07, 6.45) is 0.898. The average Bonchev–Trinajstić information content (AvgIpc) is 3.09. The summed E-state index contributed by atoms with van der Waals surface area (Å²) in [6.45, 7) is 0.878. The zero-order valence-electron chi connectivity index (χ0n) is 11.7. The minimum atomic E-state index is -0.241. The number of hydrogen-bond acceptors (Lipinski definition) is 2. The molecule has 0 fully saturated rings. The molecule has 110 valence electrons. The summed E-state index contributed by atoms with van der Waals surface area (Å²) < 4.78 is 16.4. The first-order valence-corrected chi connectivity index (χ1v) is 7.89. The monoisotopic (exact) mass is 357 g/mol. The van der Waals surface area contributed by atoms with Crippen LogP contribution in [-0.4, -0.2) is 16.3 Å². The van der Waals surface area contributed by atoms with Gasteiger partial charge in [0.05, 0.1) is 11.4 Å². The van der Waals surface area contributed by atoms with E-state index in [1.807, 2.05) is 35.0 Å². The maximum Gasteiger partial charge on any atom is 0.133 e. The molecule has 0 amide bonds. The van der Waals surface area contributed by atoms with Gasteiger partial charge in [0, 0.05) is 22.1 Å². The van der Waals surface area contributed by atoms with Crippen LogP contribution in [0, 0.1) is 5.82 Å². The Morgan fingerprint density at radius 1 is 1.14 bits per heavy atom. The summed E-state index contributed by atoms with van der Waals surface area (Å²) in [5.74, 6) is 0.756. The van der Waals surface area contributed by atoms with Gasteiger partial charge in [-0.05, 0) is 36.8 Å². The highest BCUT2D eigenvalue weighted by Gasteiger charge is 2.24. The molecule has 4 rings (SSSR count). The van der Waals surface area contributed by atoms with Crippen molar-refractivity contribution in [2.24, 2.45) is 0 Å². The molecular weight excluding hydrogens is 345 g/mol. The van der Waals surface area contributed by atoms with E-state index in [-0.39, 0.29) is 5.82 Å². The smallest absolute Gasteiger partial charge is 0.133 e. The fourth-order valence-electron chi connectivity index (χ4n) is 2.84. The van der Waals surface area contributed by atoms with Crippen LogP contribution < -0.4 is 5.32 Å². The normalized spacial score (nSPS) is 13.0. The van der Waals surface area contributed by atoms with Gasteiger partial charge < -0.3 is 5.32 Å². The Kier molecular flexibility index (Phi) is 3.22. The van der Waals surface area contributed by atoms with E-state index in [9.17, 15) is 4.39 Å². The molecule has 1 aliphatic rings. The first-order valence-electron chi connectivity index (χ1n) is 7.10. The Morgan fingerprint density at radius 2 is 2.00 bits per heavy atom. The van der Waals surface area contributed by atoms with Crippen molar-refractivity contribution < 1.29 is 4.39 Å². The molecule has 0 spiro atoms. The molecule has 1 N–H and O–H groups in total. The number of nitrogens with one attached hydrogen (secondary N) is 1. The van der Waals surface area contributed by atoms with Gasteiger partial charge >= 0.3 is 0 Å². The van der Waals surface area contributed by atoms with Crippen molar-refractivity contribution in [3.8, 4) is 16.9 Å². The van der Waals surface area contributed by atoms with E-state index in [0.717, 1.165) is 45.8 Å². The van der Waals surface area contributed by atoms with Gasteiger partial charge in [0.25, 0.3) is 0 Å². The minimum Gasteiger partial charge on any atom is -0.369 e. The van der Waals surface area contributed by atoms with Crippen LogP contribution in [0.5, 0.6) is 0 Å². The number of rotatable bonds is 2. The number of nitrogens with zero attached hydrogens (tertiary/aromatic N) is 2. The summed E-state index contributed by atoms with van der Waals surface area (Å²) in [5, 5.41) is 8.10. The Hall–Kier alpha value is -2.14. The van der Waals surface area contributed by atoms with Crippen LogP contribution >= 0.6 is 15.9 Å². The highest BCUT2D eigenvalue weighted by Crippen LogP contribution is 2.35. The van der Waals surface area contributed by atoms with Crippen molar-refractivity contribution in [3.63, 3.8) is 0 Å². The lowest BCUT2D eigenvalue weighted by Gasteiger charge is -2.06. The molecule has 2 aromatic carbocycles. The van der Waals surface area contributed by atoms with E-state index in [1.54, 1.807) is 6.07 Å². The van der Waals surface area contributed by atoms with E-state index < -0.39 is 0 Å². The maximum absolute atomic E-state index is 13.5. The summed E-state index contributed by atoms with van der Waals surface area (Å²) in [4.78, 5) is 0. The molecule has 3 nitrogen and oxygen atoms in total. The van der Waals surface area contributed by atoms with E-state index in [4.69, 9.17) is 5.10 Å². The third-order valence-corrected chi connectivity index (χ3v) is 4.30. The van der Waals surface area contributed by atoms with E-state index in [2.05, 4.69) is 21.2 Å². The van der Waals surface area contributed by atoms with Gasteiger partial charge in [0.1, 0.15) is 11.6 Å². The molecule has 1 aromatic heterocycles. The van der Waals surface area contributed by atoms with Crippen molar-refractivity contribution in [3.05, 3.63) is 64.4 Å². The zero-order valence-corrected chi connectivity index (χ0v) is 13.3. The Balaban J connectivity index is 1.90. The van der Waals surface area contributed by atoms with E-state index in [1.165, 1.54) is 12.1 Å². The molecular formula is C17H13BrFN3. The number of fused-ring (bicyclic) bond motifs is 1. The average molecular weight is 358 g/mol. The van der Waals surface area contributed by atoms with Gasteiger partial charge in [0.15, 0.2) is 0 Å². The summed E-state index contributed by atoms with van der Waals surface area (Å²) >= 11 is 3.49. The van der Waals surface area contributed by atoms with Crippen molar-refractivity contribution >= 4 is 21.7 Å². The third kappa shape index (κ3) is 2.22. The number of anilines is 1. The van der Waals surface area contributed by atoms with Gasteiger partial charge in [-0.3, -0.25) is 0 Å². The van der Waals surface area contributed by atoms with Crippen LogP contribution in [0.1, 0.15) is 5.56 Å². The number of hydrogen-bond donors (Lipinski definition) is 1. The predicted molar refractivity (Wildman–Crippen MR) is 88.9 cm³/mol. The maximum atomic E-state index is 13.5. The van der Waals surface area contributed by atoms with Gasteiger partial charge in [-0.15, -0.1) is 0 Å². The third-order valence-electron chi connectivity index (χ3n) is 3.80. The highest BCUT2D eigenvalue weighted by molar-refractivity contribution is 9.10. The summed E-state index contributed by atoms with van der Waals surface area (Å²) in [6, 6.07) is 14.6. The second-order valence-electron chi connectivity index (χ2n) is 5.25. The van der Waals surface area contributed by atoms with Crippen LogP contribution in [0.3, 0.4) is 0 Å². The van der Waals surface area contributed by atoms with Crippen molar-refractivity contribution in [2.45, 2.75) is 6.42 Å². The first-order chi connectivity index (χ1) is 10.7. The Labute approximate surface area is 135 Å². The molecule has 1 aliphatic heterocycles. The molecule has 22 heavy (non-hydrogen) atoms. The van der Waals surface area contributed by atoms with Crippen LogP contribution in [0.25, 0.3) is 16.9 Å². The molecule has 0 saturated carbocycles. The van der Waals surface area contributed by atoms with E-state index >= 15 is 0 Å². The molecule has 0 saturated heterocycles. The Bertz CT molecular complexity index is 789. The topological polar surface area (TPSA) is 29.9 Å². The standard InChI is InChI=1S/C17H13BrFN3/c18-12-4-2-6-14(10-12)22-17-15(7-8-20-17)16(21-22)11-3-1-5-13(19)9-11/h1-6,9-10,20H,7-8H2. The molecule has 5 heteroatoms. The lowest BCUT2D eigenvalue weighted by Crippen LogP contribution is -2.04. The fraction of sp³-hybridized carbons (Fsp3) is 0.118. The summed E-state index contributed by atoms with van der Waals surface area (Å²) in [5.41, 5.74) is 3.78. The second-order valence-corrected chi connectivity index (χ2v) is 6.17. The first kappa shape index (κ1) is 13.5. The SMILES string of the molecule is Fc1cccc(-c2nn(-c3cccc(Br)c3)c3c2CCN3)c1. The lowest BCUT2D eigenvalue weighted by atomic mass is 10.1. The molecule has 2 heterocycles. The molecule has 3 aromatic rings. The molecule has 0 unspecified atom stereocenters. The lowest BCUT2D eigenvalue weighted by molar-refractivity contribution is 0.628. The van der Waals surface area contributed by atoms with Gasteiger partial charge in [-0.25, -0.2) is 9.07 Å². The number of aromatic nitrogens is 2. The second kappa shape index (κ2) is 5.25. The fourth-order valence-corrected chi connectivity index (χ4v) is 3.22. The number of benzene rings is 2. The molecule has 0 bridgehead atoms. The van der Waals surface area contributed by atoms with Crippen LogP contribution in [0.2, 0.25) is 0 Å².